The summed E-state index contributed by atoms with van der Waals surface area (Å²) < 4.78 is 0. The van der Waals surface area contributed by atoms with Crippen LogP contribution in [0.2, 0.25) is 0 Å². The fourth-order valence-corrected chi connectivity index (χ4v) is 2.21. The number of Topliss-reactive ketones (excluding diaryl/α,β-unsaturated/α-hetero) is 1. The maximum absolute atomic E-state index is 12.0. The maximum Gasteiger partial charge on any atom is 0.291 e. The van der Waals surface area contributed by atoms with Crippen molar-refractivity contribution in [2.24, 2.45) is 0 Å². The first-order valence-electron chi connectivity index (χ1n) is 7.02. The van der Waals surface area contributed by atoms with Crippen molar-refractivity contribution in [2.75, 3.05) is 5.32 Å². The predicted molar refractivity (Wildman–Crippen MR) is 84.3 cm³/mol. The van der Waals surface area contributed by atoms with Crippen molar-refractivity contribution in [1.29, 1.82) is 0 Å². The number of carbonyl (C=O) groups excluding carboxylic acids is 2. The van der Waals surface area contributed by atoms with E-state index in [1.165, 1.54) is 0 Å². The molecular weight excluding hydrogens is 262 g/mol. The molecule has 0 aliphatic heterocycles. The lowest BCUT2D eigenvalue weighted by Crippen LogP contribution is -2.24. The second-order valence-electron chi connectivity index (χ2n) is 5.13. The number of carbonyl (C=O) groups is 2. The van der Waals surface area contributed by atoms with Crippen LogP contribution in [0.5, 0.6) is 0 Å². The van der Waals surface area contributed by atoms with Crippen molar-refractivity contribution >= 4 is 17.4 Å². The van der Waals surface area contributed by atoms with Gasteiger partial charge in [-0.3, -0.25) is 9.59 Å². The number of ketones is 1. The molecule has 0 fully saturated rings. The van der Waals surface area contributed by atoms with Crippen molar-refractivity contribution in [3.05, 3.63) is 65.2 Å². The summed E-state index contributed by atoms with van der Waals surface area (Å²) in [5.41, 5.74) is 3.71. The summed E-state index contributed by atoms with van der Waals surface area (Å²) in [4.78, 5) is 23.9. The Labute approximate surface area is 125 Å². The molecule has 21 heavy (non-hydrogen) atoms. The number of aryl methyl sites for hydroxylation is 3. The van der Waals surface area contributed by atoms with Gasteiger partial charge >= 0.3 is 0 Å². The van der Waals surface area contributed by atoms with E-state index < -0.39 is 5.91 Å². The number of hydrogen-bond donors (Lipinski definition) is 1. The average Bonchev–Trinajstić information content (AvgIpc) is 2.49. The van der Waals surface area contributed by atoms with Gasteiger partial charge in [-0.2, -0.15) is 0 Å². The van der Waals surface area contributed by atoms with E-state index in [4.69, 9.17) is 0 Å². The molecule has 0 radical (unpaired) electrons. The van der Waals surface area contributed by atoms with Crippen LogP contribution in [0.15, 0.2) is 48.5 Å². The van der Waals surface area contributed by atoms with E-state index >= 15 is 0 Å². The van der Waals surface area contributed by atoms with E-state index in [2.05, 4.69) is 5.32 Å². The molecule has 2 aromatic rings. The van der Waals surface area contributed by atoms with Crippen molar-refractivity contribution in [3.63, 3.8) is 0 Å². The lowest BCUT2D eigenvalue weighted by molar-refractivity contribution is -0.134. The molecule has 0 spiro atoms. The van der Waals surface area contributed by atoms with E-state index in [9.17, 15) is 9.59 Å². The lowest BCUT2D eigenvalue weighted by atomic mass is 10.1. The zero-order chi connectivity index (χ0) is 15.2. The SMILES string of the molecule is Cc1cccc(C)c1NC(=O)C(=O)CCc1ccccc1. The number of rotatable bonds is 5. The zero-order valence-electron chi connectivity index (χ0n) is 12.3. The van der Waals surface area contributed by atoms with Gasteiger partial charge in [0.1, 0.15) is 0 Å². The second kappa shape index (κ2) is 6.84. The summed E-state index contributed by atoms with van der Waals surface area (Å²) in [6.45, 7) is 3.83. The number of hydrogen-bond acceptors (Lipinski definition) is 2. The fourth-order valence-electron chi connectivity index (χ4n) is 2.21. The Kier molecular flexibility index (Phi) is 4.88. The number of anilines is 1. The van der Waals surface area contributed by atoms with Gasteiger partial charge in [-0.05, 0) is 37.0 Å². The second-order valence-corrected chi connectivity index (χ2v) is 5.13. The maximum atomic E-state index is 12.0. The summed E-state index contributed by atoms with van der Waals surface area (Å²) >= 11 is 0. The van der Waals surface area contributed by atoms with Crippen molar-refractivity contribution < 1.29 is 9.59 Å². The van der Waals surface area contributed by atoms with Gasteiger partial charge in [0.05, 0.1) is 0 Å². The minimum absolute atomic E-state index is 0.223. The van der Waals surface area contributed by atoms with Crippen LogP contribution >= 0.6 is 0 Å². The molecule has 0 saturated heterocycles. The monoisotopic (exact) mass is 281 g/mol. The minimum atomic E-state index is -0.539. The molecule has 0 aliphatic carbocycles. The molecule has 3 heteroatoms. The Hall–Kier alpha value is -2.42. The van der Waals surface area contributed by atoms with Crippen LogP contribution in [-0.2, 0) is 16.0 Å². The molecule has 0 aliphatic rings. The average molecular weight is 281 g/mol. The van der Waals surface area contributed by atoms with Crippen LogP contribution < -0.4 is 5.32 Å². The highest BCUT2D eigenvalue weighted by Crippen LogP contribution is 2.19. The van der Waals surface area contributed by atoms with Gasteiger partial charge in [0.25, 0.3) is 5.91 Å². The molecular formula is C18H19NO2. The number of amides is 1. The summed E-state index contributed by atoms with van der Waals surface area (Å²) in [5, 5.41) is 2.73. The van der Waals surface area contributed by atoms with Crippen LogP contribution in [0.25, 0.3) is 0 Å². The molecule has 3 nitrogen and oxygen atoms in total. The van der Waals surface area contributed by atoms with Gasteiger partial charge in [-0.15, -0.1) is 0 Å². The third-order valence-electron chi connectivity index (χ3n) is 3.46. The van der Waals surface area contributed by atoms with Gasteiger partial charge in [0.15, 0.2) is 0 Å². The zero-order valence-corrected chi connectivity index (χ0v) is 12.3. The van der Waals surface area contributed by atoms with Gasteiger partial charge in [-0.25, -0.2) is 0 Å². The van der Waals surface area contributed by atoms with E-state index in [0.717, 1.165) is 22.4 Å². The smallest absolute Gasteiger partial charge is 0.291 e. The Morgan fingerprint density at radius 3 is 2.14 bits per heavy atom. The van der Waals surface area contributed by atoms with Crippen LogP contribution in [-0.4, -0.2) is 11.7 Å². The Balaban J connectivity index is 1.96. The predicted octanol–water partition coefficient (Wildman–Crippen LogP) is 3.44. The Morgan fingerprint density at radius 2 is 1.52 bits per heavy atom. The normalized spacial score (nSPS) is 10.2. The van der Waals surface area contributed by atoms with Crippen LogP contribution in [0.1, 0.15) is 23.1 Å². The summed E-state index contributed by atoms with van der Waals surface area (Å²) in [6.07, 6.45) is 0.806. The van der Waals surface area contributed by atoms with Crippen LogP contribution in [0.3, 0.4) is 0 Å². The molecule has 2 rings (SSSR count). The molecule has 1 amide bonds. The van der Waals surface area contributed by atoms with Crippen molar-refractivity contribution in [1.82, 2.24) is 0 Å². The fraction of sp³-hybridized carbons (Fsp3) is 0.222. The quantitative estimate of drug-likeness (QED) is 0.853. The van der Waals surface area contributed by atoms with Gasteiger partial charge in [-0.1, -0.05) is 48.5 Å². The van der Waals surface area contributed by atoms with Gasteiger partial charge in [0, 0.05) is 12.1 Å². The number of nitrogens with one attached hydrogen (secondary N) is 1. The van der Waals surface area contributed by atoms with E-state index in [1.807, 2.05) is 62.4 Å². The number of para-hydroxylation sites is 1. The van der Waals surface area contributed by atoms with Crippen molar-refractivity contribution in [2.45, 2.75) is 26.7 Å². The molecule has 1 N–H and O–H groups in total. The van der Waals surface area contributed by atoms with E-state index in [-0.39, 0.29) is 12.2 Å². The minimum Gasteiger partial charge on any atom is -0.319 e. The van der Waals surface area contributed by atoms with Gasteiger partial charge < -0.3 is 5.32 Å². The topological polar surface area (TPSA) is 46.2 Å². The summed E-state index contributed by atoms with van der Waals surface area (Å²) in [5.74, 6) is -0.926. The third-order valence-corrected chi connectivity index (χ3v) is 3.46. The molecule has 0 saturated carbocycles. The number of benzene rings is 2. The highest BCUT2D eigenvalue weighted by Gasteiger charge is 2.15. The first kappa shape index (κ1) is 15.0. The molecule has 0 unspecified atom stereocenters. The Morgan fingerprint density at radius 1 is 0.905 bits per heavy atom. The summed E-state index contributed by atoms with van der Waals surface area (Å²) in [7, 11) is 0. The molecule has 0 heterocycles. The first-order chi connectivity index (χ1) is 10.1. The van der Waals surface area contributed by atoms with E-state index in [0.29, 0.717) is 6.42 Å². The lowest BCUT2D eigenvalue weighted by Gasteiger charge is -2.10. The molecule has 0 bridgehead atoms. The van der Waals surface area contributed by atoms with Crippen molar-refractivity contribution in [3.8, 4) is 0 Å². The molecule has 0 atom stereocenters. The van der Waals surface area contributed by atoms with Crippen LogP contribution in [0, 0.1) is 13.8 Å². The molecule has 0 aromatic heterocycles. The first-order valence-corrected chi connectivity index (χ1v) is 7.02. The summed E-state index contributed by atoms with van der Waals surface area (Å²) in [6, 6.07) is 15.4. The standard InChI is InChI=1S/C18H19NO2/c1-13-7-6-8-14(2)17(13)19-18(21)16(20)12-11-15-9-4-3-5-10-15/h3-10H,11-12H2,1-2H3,(H,19,21). The van der Waals surface area contributed by atoms with Gasteiger partial charge in [0.2, 0.25) is 5.78 Å². The largest absolute Gasteiger partial charge is 0.319 e. The highest BCUT2D eigenvalue weighted by atomic mass is 16.2. The Bertz CT molecular complexity index is 627. The highest BCUT2D eigenvalue weighted by molar-refractivity contribution is 6.40. The molecule has 108 valence electrons. The van der Waals surface area contributed by atoms with E-state index in [1.54, 1.807) is 0 Å². The third kappa shape index (κ3) is 4.02. The van der Waals surface area contributed by atoms with Crippen LogP contribution in [0.4, 0.5) is 5.69 Å². The molecule has 2 aromatic carbocycles.